The molecule has 0 spiro atoms. The van der Waals surface area contributed by atoms with E-state index in [1.54, 1.807) is 39.0 Å². The first kappa shape index (κ1) is 22.2. The molecule has 0 bridgehead atoms. The Morgan fingerprint density at radius 2 is 1.90 bits per heavy atom. The van der Waals surface area contributed by atoms with E-state index in [1.807, 2.05) is 22.6 Å². The zero-order chi connectivity index (χ0) is 22.1. The molecule has 0 aliphatic rings. The summed E-state index contributed by atoms with van der Waals surface area (Å²) in [7, 11) is 2.94. The molecule has 160 valence electrons. The van der Waals surface area contributed by atoms with Gasteiger partial charge in [-0.2, -0.15) is 0 Å². The standard InChI is InChI=1S/C21H21IO8/c1-21(2,3)30-20(24)29-14-9-13-15(19(16(14)22)27-10-25-4)17(23)11-7-6-8-12(26-5)18(11)28-13/h6-9H,10H2,1-5H3. The molecule has 0 atom stereocenters. The summed E-state index contributed by atoms with van der Waals surface area (Å²) in [5.41, 5.74) is -0.593. The van der Waals surface area contributed by atoms with Gasteiger partial charge in [0.2, 0.25) is 5.43 Å². The lowest BCUT2D eigenvalue weighted by Crippen LogP contribution is -2.26. The van der Waals surface area contributed by atoms with E-state index in [0.717, 1.165) is 0 Å². The fourth-order valence-corrected chi connectivity index (χ4v) is 3.47. The number of hydrogen-bond acceptors (Lipinski definition) is 8. The number of hydrogen-bond donors (Lipinski definition) is 0. The predicted molar refractivity (Wildman–Crippen MR) is 119 cm³/mol. The second-order valence-electron chi connectivity index (χ2n) is 7.28. The van der Waals surface area contributed by atoms with Gasteiger partial charge in [-0.3, -0.25) is 4.79 Å². The van der Waals surface area contributed by atoms with Crippen molar-refractivity contribution >= 4 is 50.7 Å². The van der Waals surface area contributed by atoms with Crippen LogP contribution in [0.1, 0.15) is 20.8 Å². The normalized spacial score (nSPS) is 11.5. The number of fused-ring (bicyclic) bond motifs is 2. The number of para-hydroxylation sites is 1. The van der Waals surface area contributed by atoms with E-state index in [-0.39, 0.29) is 40.3 Å². The lowest BCUT2D eigenvalue weighted by atomic mass is 10.1. The average molecular weight is 528 g/mol. The van der Waals surface area contributed by atoms with E-state index in [1.165, 1.54) is 20.3 Å². The number of carbonyl (C=O) groups is 1. The molecule has 3 rings (SSSR count). The molecule has 3 aromatic rings. The van der Waals surface area contributed by atoms with Crippen molar-refractivity contribution in [3.8, 4) is 17.2 Å². The highest BCUT2D eigenvalue weighted by Crippen LogP contribution is 2.39. The number of rotatable bonds is 5. The minimum Gasteiger partial charge on any atom is -0.493 e. The van der Waals surface area contributed by atoms with Gasteiger partial charge in [0.15, 0.2) is 29.6 Å². The van der Waals surface area contributed by atoms with E-state index in [0.29, 0.717) is 14.7 Å². The molecular weight excluding hydrogens is 507 g/mol. The summed E-state index contributed by atoms with van der Waals surface area (Å²) in [4.78, 5) is 25.4. The number of halogens is 1. The predicted octanol–water partition coefficient (Wildman–Crippen LogP) is 4.86. The van der Waals surface area contributed by atoms with Gasteiger partial charge >= 0.3 is 6.16 Å². The summed E-state index contributed by atoms with van der Waals surface area (Å²) < 4.78 is 32.9. The van der Waals surface area contributed by atoms with Gasteiger partial charge in [-0.1, -0.05) is 6.07 Å². The zero-order valence-electron chi connectivity index (χ0n) is 17.2. The maximum absolute atomic E-state index is 13.2. The van der Waals surface area contributed by atoms with Crippen LogP contribution in [-0.2, 0) is 9.47 Å². The molecule has 1 heterocycles. The van der Waals surface area contributed by atoms with Crippen molar-refractivity contribution < 1.29 is 32.9 Å². The zero-order valence-corrected chi connectivity index (χ0v) is 19.3. The van der Waals surface area contributed by atoms with Crippen molar-refractivity contribution in [2.45, 2.75) is 26.4 Å². The Morgan fingerprint density at radius 3 is 2.53 bits per heavy atom. The van der Waals surface area contributed by atoms with Crippen LogP contribution in [-0.4, -0.2) is 32.8 Å². The first-order valence-corrected chi connectivity index (χ1v) is 10.0. The summed E-state index contributed by atoms with van der Waals surface area (Å²) in [6.07, 6.45) is -0.891. The SMILES string of the molecule is COCOc1c(I)c(OC(=O)OC(C)(C)C)cc2oc3c(OC)cccc3c(=O)c12. The monoisotopic (exact) mass is 528 g/mol. The topological polar surface area (TPSA) is 93.4 Å². The fourth-order valence-electron chi connectivity index (χ4n) is 2.78. The summed E-state index contributed by atoms with van der Waals surface area (Å²) in [6.45, 7) is 5.06. The van der Waals surface area contributed by atoms with Gasteiger partial charge in [-0.05, 0) is 55.5 Å². The average Bonchev–Trinajstić information content (AvgIpc) is 2.66. The van der Waals surface area contributed by atoms with E-state index in [9.17, 15) is 9.59 Å². The third-order valence-electron chi connectivity index (χ3n) is 3.94. The molecule has 1 aromatic heterocycles. The molecule has 0 saturated carbocycles. The molecule has 0 radical (unpaired) electrons. The van der Waals surface area contributed by atoms with Crippen LogP contribution in [0, 0.1) is 3.57 Å². The summed E-state index contributed by atoms with van der Waals surface area (Å²) in [6, 6.07) is 6.48. The Hall–Kier alpha value is -2.53. The quantitative estimate of drug-likeness (QED) is 0.153. The van der Waals surface area contributed by atoms with Crippen molar-refractivity contribution in [3.05, 3.63) is 38.1 Å². The lowest BCUT2D eigenvalue weighted by Gasteiger charge is -2.19. The number of carbonyl (C=O) groups excluding carboxylic acids is 1. The van der Waals surface area contributed by atoms with Crippen LogP contribution < -0.4 is 19.6 Å². The Morgan fingerprint density at radius 1 is 1.17 bits per heavy atom. The Bertz CT molecular complexity index is 1160. The van der Waals surface area contributed by atoms with E-state index >= 15 is 0 Å². The highest BCUT2D eigenvalue weighted by molar-refractivity contribution is 14.1. The first-order valence-electron chi connectivity index (χ1n) is 8.95. The number of methoxy groups -OCH3 is 2. The maximum atomic E-state index is 13.2. The van der Waals surface area contributed by atoms with Crippen molar-refractivity contribution in [1.29, 1.82) is 0 Å². The van der Waals surface area contributed by atoms with Gasteiger partial charge in [-0.15, -0.1) is 0 Å². The van der Waals surface area contributed by atoms with Gasteiger partial charge in [0.05, 0.1) is 16.1 Å². The van der Waals surface area contributed by atoms with Gasteiger partial charge in [0.1, 0.15) is 16.6 Å². The molecule has 9 heteroatoms. The van der Waals surface area contributed by atoms with Crippen LogP contribution >= 0.6 is 22.6 Å². The van der Waals surface area contributed by atoms with Gasteiger partial charge in [0, 0.05) is 13.2 Å². The molecule has 0 N–H and O–H groups in total. The van der Waals surface area contributed by atoms with E-state index < -0.39 is 11.8 Å². The molecule has 2 aromatic carbocycles. The summed E-state index contributed by atoms with van der Waals surface area (Å²) in [5.74, 6) is 0.715. The molecule has 0 aliphatic heterocycles. The van der Waals surface area contributed by atoms with Crippen LogP contribution in [0.2, 0.25) is 0 Å². The maximum Gasteiger partial charge on any atom is 0.514 e. The molecule has 0 fully saturated rings. The Balaban J connectivity index is 2.26. The van der Waals surface area contributed by atoms with Crippen LogP contribution in [0.15, 0.2) is 33.5 Å². The van der Waals surface area contributed by atoms with Crippen LogP contribution in [0.4, 0.5) is 4.79 Å². The van der Waals surface area contributed by atoms with Crippen LogP contribution in [0.5, 0.6) is 17.2 Å². The minimum absolute atomic E-state index is 0.115. The van der Waals surface area contributed by atoms with Crippen molar-refractivity contribution in [2.24, 2.45) is 0 Å². The smallest absolute Gasteiger partial charge is 0.493 e. The second-order valence-corrected chi connectivity index (χ2v) is 8.36. The first-order chi connectivity index (χ1) is 14.2. The Labute approximate surface area is 186 Å². The lowest BCUT2D eigenvalue weighted by molar-refractivity contribution is 0.0203. The minimum atomic E-state index is -0.891. The van der Waals surface area contributed by atoms with Crippen molar-refractivity contribution in [1.82, 2.24) is 0 Å². The van der Waals surface area contributed by atoms with Crippen LogP contribution in [0.3, 0.4) is 0 Å². The molecule has 0 saturated heterocycles. The number of ether oxygens (including phenoxy) is 5. The Kier molecular flexibility index (Phi) is 6.41. The highest BCUT2D eigenvalue weighted by Gasteiger charge is 2.24. The molecular formula is C21H21IO8. The third kappa shape index (κ3) is 4.46. The number of benzene rings is 2. The van der Waals surface area contributed by atoms with Gasteiger partial charge in [-0.25, -0.2) is 4.79 Å². The second kappa shape index (κ2) is 8.68. The van der Waals surface area contributed by atoms with Gasteiger partial charge < -0.3 is 28.1 Å². The highest BCUT2D eigenvalue weighted by atomic mass is 127. The fraction of sp³-hybridized carbons (Fsp3) is 0.333. The molecule has 0 aliphatic carbocycles. The summed E-state index contributed by atoms with van der Waals surface area (Å²) in [5, 5.41) is 0.537. The van der Waals surface area contributed by atoms with Crippen molar-refractivity contribution in [3.63, 3.8) is 0 Å². The summed E-state index contributed by atoms with van der Waals surface area (Å²) >= 11 is 1.94. The van der Waals surface area contributed by atoms with E-state index in [2.05, 4.69) is 0 Å². The van der Waals surface area contributed by atoms with Crippen LogP contribution in [0.25, 0.3) is 21.9 Å². The largest absolute Gasteiger partial charge is 0.514 e. The van der Waals surface area contributed by atoms with Gasteiger partial charge in [0.25, 0.3) is 0 Å². The molecule has 8 nitrogen and oxygen atoms in total. The van der Waals surface area contributed by atoms with E-state index in [4.69, 9.17) is 28.1 Å². The molecule has 0 unspecified atom stereocenters. The van der Waals surface area contributed by atoms with Crippen molar-refractivity contribution in [2.75, 3.05) is 21.0 Å². The third-order valence-corrected chi connectivity index (χ3v) is 4.96. The molecule has 30 heavy (non-hydrogen) atoms. The molecule has 0 amide bonds.